The molecule has 0 aliphatic heterocycles. The van der Waals surface area contributed by atoms with Gasteiger partial charge in [-0.25, -0.2) is 9.59 Å². The van der Waals surface area contributed by atoms with Crippen molar-refractivity contribution >= 4 is 17.9 Å². The highest BCUT2D eigenvalue weighted by atomic mass is 16.4. The average molecular weight is 284 g/mol. The van der Waals surface area contributed by atoms with Crippen LogP contribution in [0.1, 0.15) is 26.7 Å². The highest BCUT2D eigenvalue weighted by Gasteiger charge is 2.25. The van der Waals surface area contributed by atoms with E-state index in [-0.39, 0.29) is 18.9 Å². The van der Waals surface area contributed by atoms with Gasteiger partial charge in [-0.15, -0.1) is 0 Å². The van der Waals surface area contributed by atoms with Gasteiger partial charge in [-0.2, -0.15) is 5.26 Å². The van der Waals surface area contributed by atoms with Crippen molar-refractivity contribution in [3.63, 3.8) is 0 Å². The quantitative estimate of drug-likeness (QED) is 0.571. The molecule has 0 saturated carbocycles. The molecular weight excluding hydrogens is 264 g/mol. The molecule has 0 saturated heterocycles. The molecule has 0 aliphatic rings. The molecule has 0 aromatic carbocycles. The minimum atomic E-state index is -1.36. The molecule has 0 aliphatic carbocycles. The number of aliphatic carboxylic acids is 1. The Kier molecular flexibility index (Phi) is 7.74. The van der Waals surface area contributed by atoms with Crippen LogP contribution in [0.25, 0.3) is 0 Å². The van der Waals surface area contributed by atoms with Crippen LogP contribution in [0.2, 0.25) is 0 Å². The second kappa shape index (κ2) is 8.74. The highest BCUT2D eigenvalue weighted by molar-refractivity contribution is 5.87. The minimum absolute atomic E-state index is 0.147. The predicted octanol–water partition coefficient (Wildman–Crippen LogP) is -0.104. The smallest absolute Gasteiger partial charge is 0.326 e. The summed E-state index contributed by atoms with van der Waals surface area (Å²) in [6.45, 7) is 4.37. The van der Waals surface area contributed by atoms with Crippen LogP contribution in [-0.2, 0) is 9.59 Å². The fraction of sp³-hybridized carbons (Fsp3) is 0.667. The van der Waals surface area contributed by atoms with E-state index >= 15 is 0 Å². The Morgan fingerprint density at radius 3 is 2.40 bits per heavy atom. The lowest BCUT2D eigenvalue weighted by atomic mass is 10.2. The first-order valence-electron chi connectivity index (χ1n) is 6.21. The largest absolute Gasteiger partial charge is 0.480 e. The molecule has 0 spiro atoms. The van der Waals surface area contributed by atoms with Gasteiger partial charge in [0.05, 0.1) is 18.9 Å². The maximum Gasteiger partial charge on any atom is 0.326 e. The topological polar surface area (TPSA) is 137 Å². The van der Waals surface area contributed by atoms with Crippen LogP contribution < -0.4 is 11.1 Å². The van der Waals surface area contributed by atoms with Crippen LogP contribution in [0.4, 0.5) is 4.79 Å². The Morgan fingerprint density at radius 2 is 2.00 bits per heavy atom. The van der Waals surface area contributed by atoms with Gasteiger partial charge < -0.3 is 21.1 Å². The molecule has 0 unspecified atom stereocenters. The molecule has 8 heteroatoms. The van der Waals surface area contributed by atoms with Crippen LogP contribution in [0, 0.1) is 17.2 Å². The monoisotopic (exact) mass is 284 g/mol. The zero-order valence-electron chi connectivity index (χ0n) is 11.6. The maximum atomic E-state index is 12.0. The van der Waals surface area contributed by atoms with Gasteiger partial charge in [0.1, 0.15) is 6.04 Å². The Hall–Kier alpha value is -2.30. The van der Waals surface area contributed by atoms with Crippen LogP contribution in [0.3, 0.4) is 0 Å². The first-order valence-corrected chi connectivity index (χ1v) is 6.21. The van der Waals surface area contributed by atoms with E-state index in [1.807, 2.05) is 19.9 Å². The zero-order valence-corrected chi connectivity index (χ0v) is 11.6. The summed E-state index contributed by atoms with van der Waals surface area (Å²) >= 11 is 0. The van der Waals surface area contributed by atoms with E-state index in [2.05, 4.69) is 5.32 Å². The van der Waals surface area contributed by atoms with Crippen LogP contribution >= 0.6 is 0 Å². The van der Waals surface area contributed by atoms with E-state index in [0.29, 0.717) is 6.54 Å². The summed E-state index contributed by atoms with van der Waals surface area (Å²) < 4.78 is 0. The summed E-state index contributed by atoms with van der Waals surface area (Å²) in [6, 6.07) is -0.0642. The molecule has 0 aromatic heterocycles. The van der Waals surface area contributed by atoms with Gasteiger partial charge in [-0.1, -0.05) is 13.8 Å². The second-order valence-electron chi connectivity index (χ2n) is 4.76. The number of primary amides is 1. The van der Waals surface area contributed by atoms with Gasteiger partial charge in [-0.05, 0) is 5.92 Å². The van der Waals surface area contributed by atoms with E-state index in [1.165, 1.54) is 4.90 Å². The van der Waals surface area contributed by atoms with Gasteiger partial charge in [0.2, 0.25) is 5.91 Å². The lowest BCUT2D eigenvalue weighted by molar-refractivity contribution is -0.140. The molecule has 0 rings (SSSR count). The Bertz CT molecular complexity index is 403. The number of amides is 3. The number of rotatable bonds is 8. The van der Waals surface area contributed by atoms with Crippen LogP contribution in [0.5, 0.6) is 0 Å². The van der Waals surface area contributed by atoms with E-state index in [0.717, 1.165) is 0 Å². The third-order valence-electron chi connectivity index (χ3n) is 2.37. The zero-order chi connectivity index (χ0) is 15.7. The minimum Gasteiger partial charge on any atom is -0.480 e. The van der Waals surface area contributed by atoms with Gasteiger partial charge in [-0.3, -0.25) is 4.79 Å². The van der Waals surface area contributed by atoms with Gasteiger partial charge in [0, 0.05) is 13.1 Å². The lowest BCUT2D eigenvalue weighted by Crippen LogP contribution is -2.50. The fourth-order valence-electron chi connectivity index (χ4n) is 1.54. The van der Waals surface area contributed by atoms with Crippen molar-refractivity contribution in [1.29, 1.82) is 5.26 Å². The summed E-state index contributed by atoms with van der Waals surface area (Å²) in [5.74, 6) is -1.98. The Balaban J connectivity index is 4.73. The van der Waals surface area contributed by atoms with E-state index in [9.17, 15) is 14.4 Å². The number of nitrogens with two attached hydrogens (primary N) is 1. The van der Waals surface area contributed by atoms with Gasteiger partial charge >= 0.3 is 12.0 Å². The van der Waals surface area contributed by atoms with Crippen molar-refractivity contribution in [3.8, 4) is 6.07 Å². The molecule has 0 bridgehead atoms. The van der Waals surface area contributed by atoms with Crippen molar-refractivity contribution in [2.75, 3.05) is 13.1 Å². The number of carbonyl (C=O) groups is 3. The van der Waals surface area contributed by atoms with Crippen molar-refractivity contribution in [2.45, 2.75) is 32.7 Å². The van der Waals surface area contributed by atoms with E-state index in [4.69, 9.17) is 16.1 Å². The van der Waals surface area contributed by atoms with Crippen LogP contribution in [0.15, 0.2) is 0 Å². The molecule has 1 atom stereocenters. The number of nitriles is 1. The summed E-state index contributed by atoms with van der Waals surface area (Å²) in [7, 11) is 0. The summed E-state index contributed by atoms with van der Waals surface area (Å²) in [5, 5.41) is 19.7. The first-order chi connectivity index (χ1) is 9.27. The fourth-order valence-corrected chi connectivity index (χ4v) is 1.54. The number of carboxylic acid groups (broad SMARTS) is 1. The van der Waals surface area contributed by atoms with E-state index in [1.54, 1.807) is 0 Å². The number of nitrogens with zero attached hydrogens (tertiary/aromatic N) is 2. The SMILES string of the molecule is CC(C)CN(CCC#N)C(=O)N[C@@H](CC(N)=O)C(=O)O. The third-order valence-corrected chi connectivity index (χ3v) is 2.37. The molecular formula is C12H20N4O4. The van der Waals surface area contributed by atoms with Gasteiger partial charge in [0.25, 0.3) is 0 Å². The summed E-state index contributed by atoms with van der Waals surface area (Å²) in [4.78, 5) is 35.0. The van der Waals surface area contributed by atoms with Crippen molar-refractivity contribution in [2.24, 2.45) is 11.7 Å². The molecule has 112 valence electrons. The Labute approximate surface area is 117 Å². The molecule has 3 amide bonds. The normalized spacial score (nSPS) is 11.5. The number of carboxylic acids is 1. The molecule has 20 heavy (non-hydrogen) atoms. The molecule has 0 radical (unpaired) electrons. The number of nitrogens with one attached hydrogen (secondary N) is 1. The van der Waals surface area contributed by atoms with E-state index < -0.39 is 30.4 Å². The molecule has 4 N–H and O–H groups in total. The highest BCUT2D eigenvalue weighted by Crippen LogP contribution is 2.02. The van der Waals surface area contributed by atoms with Crippen molar-refractivity contribution in [3.05, 3.63) is 0 Å². The molecule has 0 fully saturated rings. The van der Waals surface area contributed by atoms with Crippen LogP contribution in [-0.4, -0.2) is 47.0 Å². The molecule has 0 heterocycles. The van der Waals surface area contributed by atoms with Gasteiger partial charge in [0.15, 0.2) is 0 Å². The third kappa shape index (κ3) is 7.20. The van der Waals surface area contributed by atoms with Crippen molar-refractivity contribution < 1.29 is 19.5 Å². The second-order valence-corrected chi connectivity index (χ2v) is 4.76. The standard InChI is InChI=1S/C12H20N4O4/c1-8(2)7-16(5-3-4-13)12(20)15-9(11(18)19)6-10(14)17/h8-9H,3,5-7H2,1-2H3,(H2,14,17)(H,15,20)(H,18,19)/t9-/m0/s1. The maximum absolute atomic E-state index is 12.0. The number of hydrogen-bond donors (Lipinski definition) is 3. The molecule has 0 aromatic rings. The number of hydrogen-bond acceptors (Lipinski definition) is 4. The summed E-state index contributed by atoms with van der Waals surface area (Å²) in [6.07, 6.45) is -0.331. The number of urea groups is 1. The Morgan fingerprint density at radius 1 is 1.40 bits per heavy atom. The number of carbonyl (C=O) groups excluding carboxylic acids is 2. The first kappa shape index (κ1) is 17.7. The summed E-state index contributed by atoms with van der Waals surface area (Å²) in [5.41, 5.74) is 4.93. The van der Waals surface area contributed by atoms with Crippen molar-refractivity contribution in [1.82, 2.24) is 10.2 Å². The molecule has 8 nitrogen and oxygen atoms in total. The average Bonchev–Trinajstić information content (AvgIpc) is 2.32. The predicted molar refractivity (Wildman–Crippen MR) is 70.4 cm³/mol. The lowest BCUT2D eigenvalue weighted by Gasteiger charge is -2.25.